The van der Waals surface area contributed by atoms with Crippen LogP contribution in [0.2, 0.25) is 0 Å². The molecule has 2 aromatic rings. The molecule has 0 fully saturated rings. The third-order valence-corrected chi connectivity index (χ3v) is 4.40. The van der Waals surface area contributed by atoms with E-state index in [2.05, 4.69) is 64.3 Å². The fourth-order valence-electron chi connectivity index (χ4n) is 2.23. The zero-order valence-corrected chi connectivity index (χ0v) is 13.6. The fraction of sp³-hybridized carbons (Fsp3) is 0.429. The Bertz CT molecular complexity index is 579. The maximum atomic E-state index is 5.74. The van der Waals surface area contributed by atoms with E-state index in [-0.39, 0.29) is 12.1 Å². The number of benzene rings is 1. The summed E-state index contributed by atoms with van der Waals surface area (Å²) in [4.78, 5) is 4.34. The summed E-state index contributed by atoms with van der Waals surface area (Å²) in [6.45, 7) is 6.25. The van der Waals surface area contributed by atoms with E-state index in [9.17, 15) is 0 Å². The molecule has 1 unspecified atom stereocenters. The van der Waals surface area contributed by atoms with Crippen LogP contribution in [0.5, 0.6) is 0 Å². The largest absolute Gasteiger partial charge is 0.271 e. The van der Waals surface area contributed by atoms with E-state index in [0.717, 1.165) is 15.9 Å². The maximum absolute atomic E-state index is 5.74. The molecule has 0 aliphatic heterocycles. The Morgan fingerprint density at radius 3 is 2.80 bits per heavy atom. The van der Waals surface area contributed by atoms with Crippen molar-refractivity contribution in [3.63, 3.8) is 0 Å². The second-order valence-electron chi connectivity index (χ2n) is 5.12. The predicted octanol–water partition coefficient (Wildman–Crippen LogP) is 2.68. The number of nitrogens with one attached hydrogen (secondary N) is 1. The van der Waals surface area contributed by atoms with E-state index in [1.54, 1.807) is 6.33 Å². The number of hydrogen-bond donors (Lipinski definition) is 2. The van der Waals surface area contributed by atoms with Gasteiger partial charge < -0.3 is 0 Å². The molecule has 1 aromatic carbocycles. The number of hydrazine groups is 1. The van der Waals surface area contributed by atoms with Gasteiger partial charge in [0.05, 0.1) is 6.04 Å². The quantitative estimate of drug-likeness (QED) is 0.650. The average molecular weight is 338 g/mol. The first-order valence-electron chi connectivity index (χ1n) is 6.64. The van der Waals surface area contributed by atoms with Gasteiger partial charge in [-0.05, 0) is 31.9 Å². The summed E-state index contributed by atoms with van der Waals surface area (Å²) in [6, 6.07) is 6.44. The zero-order chi connectivity index (χ0) is 14.7. The summed E-state index contributed by atoms with van der Waals surface area (Å²) in [5, 5.41) is 4.26. The number of hydrogen-bond acceptors (Lipinski definition) is 4. The van der Waals surface area contributed by atoms with Crippen LogP contribution in [-0.2, 0) is 6.42 Å². The van der Waals surface area contributed by atoms with Crippen molar-refractivity contribution in [1.82, 2.24) is 20.2 Å². The van der Waals surface area contributed by atoms with Crippen molar-refractivity contribution < 1.29 is 0 Å². The minimum Gasteiger partial charge on any atom is -0.271 e. The molecular weight excluding hydrogens is 318 g/mol. The second kappa shape index (κ2) is 6.47. The Labute approximate surface area is 127 Å². The molecule has 1 atom stereocenters. The van der Waals surface area contributed by atoms with Crippen molar-refractivity contribution in [2.75, 3.05) is 0 Å². The van der Waals surface area contributed by atoms with E-state index in [4.69, 9.17) is 5.84 Å². The summed E-state index contributed by atoms with van der Waals surface area (Å²) in [7, 11) is 0. The molecule has 0 amide bonds. The first-order valence-corrected chi connectivity index (χ1v) is 7.43. The van der Waals surface area contributed by atoms with Gasteiger partial charge in [-0.1, -0.05) is 34.1 Å². The molecule has 1 heterocycles. The van der Waals surface area contributed by atoms with Crippen LogP contribution in [0.25, 0.3) is 0 Å². The lowest BCUT2D eigenvalue weighted by Gasteiger charge is -2.19. The Morgan fingerprint density at radius 2 is 2.15 bits per heavy atom. The summed E-state index contributed by atoms with van der Waals surface area (Å²) in [5.74, 6) is 6.67. The van der Waals surface area contributed by atoms with Crippen LogP contribution in [0.4, 0.5) is 0 Å². The second-order valence-corrected chi connectivity index (χ2v) is 5.91. The van der Waals surface area contributed by atoms with Crippen LogP contribution >= 0.6 is 15.9 Å². The zero-order valence-electron chi connectivity index (χ0n) is 12.0. The normalized spacial score (nSPS) is 12.9. The van der Waals surface area contributed by atoms with Gasteiger partial charge in [0.1, 0.15) is 12.2 Å². The van der Waals surface area contributed by atoms with E-state index in [1.165, 1.54) is 5.56 Å². The summed E-state index contributed by atoms with van der Waals surface area (Å²) in [5.41, 5.74) is 5.20. The highest BCUT2D eigenvalue weighted by molar-refractivity contribution is 9.10. The van der Waals surface area contributed by atoms with Gasteiger partial charge in [-0.3, -0.25) is 11.3 Å². The van der Waals surface area contributed by atoms with Gasteiger partial charge in [-0.25, -0.2) is 9.67 Å². The molecule has 2 rings (SSSR count). The van der Waals surface area contributed by atoms with Gasteiger partial charge in [0.25, 0.3) is 0 Å². The van der Waals surface area contributed by atoms with Gasteiger partial charge >= 0.3 is 0 Å². The number of halogens is 1. The van der Waals surface area contributed by atoms with Crippen molar-refractivity contribution in [2.45, 2.75) is 39.3 Å². The molecule has 3 N–H and O–H groups in total. The lowest BCUT2D eigenvalue weighted by Crippen LogP contribution is -2.31. The summed E-state index contributed by atoms with van der Waals surface area (Å²) in [6.07, 6.45) is 2.28. The Balaban J connectivity index is 2.29. The molecule has 108 valence electrons. The van der Waals surface area contributed by atoms with Gasteiger partial charge in [0.15, 0.2) is 0 Å². The van der Waals surface area contributed by atoms with E-state index < -0.39 is 0 Å². The van der Waals surface area contributed by atoms with Crippen LogP contribution in [0.1, 0.15) is 42.9 Å². The highest BCUT2D eigenvalue weighted by Gasteiger charge is 2.18. The van der Waals surface area contributed by atoms with Crippen LogP contribution < -0.4 is 11.3 Å². The minimum absolute atomic E-state index is 0.00836. The lowest BCUT2D eigenvalue weighted by molar-refractivity contribution is 0.468. The molecule has 0 aliphatic rings. The third kappa shape index (κ3) is 3.08. The van der Waals surface area contributed by atoms with Crippen molar-refractivity contribution in [3.05, 3.63) is 46.0 Å². The first-order chi connectivity index (χ1) is 9.54. The molecule has 0 bridgehead atoms. The minimum atomic E-state index is -0.00836. The van der Waals surface area contributed by atoms with Crippen LogP contribution in [0, 0.1) is 6.92 Å². The number of rotatable bonds is 5. The number of aryl methyl sites for hydroxylation is 1. The summed E-state index contributed by atoms with van der Waals surface area (Å²) >= 11 is 3.63. The average Bonchev–Trinajstić information content (AvgIpc) is 2.88. The highest BCUT2D eigenvalue weighted by atomic mass is 79.9. The molecule has 0 radical (unpaired) electrons. The maximum Gasteiger partial charge on any atom is 0.138 e. The van der Waals surface area contributed by atoms with Crippen LogP contribution in [0.15, 0.2) is 29.0 Å². The molecule has 0 saturated heterocycles. The number of nitrogens with two attached hydrogens (primary N) is 1. The van der Waals surface area contributed by atoms with Crippen molar-refractivity contribution >= 4 is 15.9 Å². The smallest absolute Gasteiger partial charge is 0.138 e. The van der Waals surface area contributed by atoms with Crippen molar-refractivity contribution in [1.29, 1.82) is 0 Å². The lowest BCUT2D eigenvalue weighted by atomic mass is 10.0. The molecule has 0 spiro atoms. The topological polar surface area (TPSA) is 68.8 Å². The Morgan fingerprint density at radius 1 is 1.40 bits per heavy atom. The van der Waals surface area contributed by atoms with Crippen LogP contribution in [0.3, 0.4) is 0 Å². The SMILES string of the molecule is Cc1cccc(C(Cc2ncnn2C(C)C)NN)c1Br. The molecule has 20 heavy (non-hydrogen) atoms. The Kier molecular flexibility index (Phi) is 4.91. The van der Waals surface area contributed by atoms with E-state index in [0.29, 0.717) is 6.42 Å². The Hall–Kier alpha value is -1.24. The molecule has 1 aromatic heterocycles. The number of nitrogens with zero attached hydrogens (tertiary/aromatic N) is 3. The number of aromatic nitrogens is 3. The predicted molar refractivity (Wildman–Crippen MR) is 83.1 cm³/mol. The standard InChI is InChI=1S/C14H20BrN5/c1-9(2)20-13(17-8-18-20)7-12(19-16)11-6-4-5-10(3)14(11)15/h4-6,8-9,12,19H,7,16H2,1-3H3. The highest BCUT2D eigenvalue weighted by Crippen LogP contribution is 2.28. The van der Waals surface area contributed by atoms with Crippen molar-refractivity contribution in [2.24, 2.45) is 5.84 Å². The monoisotopic (exact) mass is 337 g/mol. The summed E-state index contributed by atoms with van der Waals surface area (Å²) < 4.78 is 3.01. The van der Waals surface area contributed by atoms with E-state index >= 15 is 0 Å². The van der Waals surface area contributed by atoms with Gasteiger partial charge in [-0.2, -0.15) is 5.10 Å². The van der Waals surface area contributed by atoms with Gasteiger partial charge in [0.2, 0.25) is 0 Å². The van der Waals surface area contributed by atoms with Crippen molar-refractivity contribution in [3.8, 4) is 0 Å². The van der Waals surface area contributed by atoms with Gasteiger partial charge in [-0.15, -0.1) is 0 Å². The molecule has 0 saturated carbocycles. The first kappa shape index (κ1) is 15.2. The molecule has 0 aliphatic carbocycles. The van der Waals surface area contributed by atoms with E-state index in [1.807, 2.05) is 10.7 Å². The molecule has 6 heteroatoms. The third-order valence-electron chi connectivity index (χ3n) is 3.32. The van der Waals surface area contributed by atoms with Gasteiger partial charge in [0, 0.05) is 16.9 Å². The van der Waals surface area contributed by atoms with Crippen LogP contribution in [-0.4, -0.2) is 14.8 Å². The molecular formula is C14H20BrN5. The fourth-order valence-corrected chi connectivity index (χ4v) is 2.77. The molecule has 5 nitrogen and oxygen atoms in total.